The molecule has 2 aliphatic rings. The van der Waals surface area contributed by atoms with E-state index >= 15 is 0 Å². The smallest absolute Gasteiger partial charge is 0.410 e. The molecule has 2 fully saturated rings. The molecule has 1 aromatic heterocycles. The van der Waals surface area contributed by atoms with E-state index in [4.69, 9.17) is 4.74 Å². The van der Waals surface area contributed by atoms with Crippen molar-refractivity contribution in [3.8, 4) is 16.9 Å². The van der Waals surface area contributed by atoms with Crippen LogP contribution in [0.4, 0.5) is 10.5 Å². The molecule has 8 heteroatoms. The first-order valence-corrected chi connectivity index (χ1v) is 18.9. The van der Waals surface area contributed by atoms with Gasteiger partial charge in [-0.2, -0.15) is 0 Å². The van der Waals surface area contributed by atoms with E-state index in [1.165, 1.54) is 11.1 Å². The molecule has 0 N–H and O–H groups in total. The number of piperazine rings is 2. The molecule has 0 spiro atoms. The summed E-state index contributed by atoms with van der Waals surface area (Å²) in [6.07, 6.45) is 0.531. The molecule has 0 radical (unpaired) electrons. The largest absolute Gasteiger partial charge is 0.444 e. The van der Waals surface area contributed by atoms with E-state index in [0.717, 1.165) is 59.9 Å². The minimum atomic E-state index is -0.520. The van der Waals surface area contributed by atoms with Crippen molar-refractivity contribution in [3.63, 3.8) is 0 Å². The second-order valence-electron chi connectivity index (χ2n) is 15.3. The van der Waals surface area contributed by atoms with Gasteiger partial charge in [-0.15, -0.1) is 0 Å². The van der Waals surface area contributed by atoms with Gasteiger partial charge in [0.05, 0.1) is 11.3 Å². The fourth-order valence-corrected chi connectivity index (χ4v) is 7.71. The minimum Gasteiger partial charge on any atom is -0.444 e. The van der Waals surface area contributed by atoms with E-state index in [1.807, 2.05) is 45.0 Å². The van der Waals surface area contributed by atoms with Gasteiger partial charge in [0.1, 0.15) is 5.60 Å². The number of hydrogen-bond acceptors (Lipinski definition) is 5. The number of ether oxygens (including phenoxy) is 1. The van der Waals surface area contributed by atoms with Crippen molar-refractivity contribution in [1.29, 1.82) is 0 Å². The third kappa shape index (κ3) is 8.50. The van der Waals surface area contributed by atoms with E-state index in [2.05, 4.69) is 123 Å². The highest BCUT2D eigenvalue weighted by Crippen LogP contribution is 2.34. The van der Waals surface area contributed by atoms with E-state index in [0.29, 0.717) is 32.7 Å². The van der Waals surface area contributed by atoms with Gasteiger partial charge in [-0.1, -0.05) is 97.1 Å². The highest BCUT2D eigenvalue weighted by molar-refractivity contribution is 6.01. The summed E-state index contributed by atoms with van der Waals surface area (Å²) in [5.74, 6) is 0.0698. The Labute approximate surface area is 314 Å². The summed E-state index contributed by atoms with van der Waals surface area (Å²) in [4.78, 5) is 36.4. The van der Waals surface area contributed by atoms with E-state index < -0.39 is 5.60 Å². The first-order chi connectivity index (χ1) is 25.6. The Morgan fingerprint density at radius 2 is 1.32 bits per heavy atom. The maximum Gasteiger partial charge on any atom is 0.410 e. The lowest BCUT2D eigenvalue weighted by molar-refractivity contribution is 0.0240. The molecule has 0 aliphatic carbocycles. The number of carbonyl (C=O) groups is 2. The highest BCUT2D eigenvalue weighted by Gasteiger charge is 2.34. The monoisotopic (exact) mass is 709 g/mol. The lowest BCUT2D eigenvalue weighted by Gasteiger charge is -2.42. The highest BCUT2D eigenvalue weighted by atomic mass is 16.6. The Morgan fingerprint density at radius 1 is 0.698 bits per heavy atom. The SMILES string of the molecule is Cc1cc(C(=O)N2CCN(Cc3ccccc3)C[C@H]2Cc2ccccc2)c(-c2ccccc2)n1-c1cccc(N2CCN(C(=O)OC(C)(C)C)CC2)c1. The van der Waals surface area contributed by atoms with Gasteiger partial charge in [0.15, 0.2) is 0 Å². The summed E-state index contributed by atoms with van der Waals surface area (Å²) >= 11 is 0. The van der Waals surface area contributed by atoms with Crippen molar-refractivity contribution in [2.45, 2.75) is 52.3 Å². The minimum absolute atomic E-state index is 0.0253. The number of nitrogens with zero attached hydrogens (tertiary/aromatic N) is 5. The number of rotatable bonds is 8. The van der Waals surface area contributed by atoms with E-state index in [9.17, 15) is 9.59 Å². The van der Waals surface area contributed by atoms with Crippen LogP contribution in [0.2, 0.25) is 0 Å². The average molecular weight is 710 g/mol. The second kappa shape index (κ2) is 15.7. The van der Waals surface area contributed by atoms with E-state index in [1.54, 1.807) is 4.90 Å². The summed E-state index contributed by atoms with van der Waals surface area (Å²) in [7, 11) is 0. The van der Waals surface area contributed by atoms with Crippen molar-refractivity contribution >= 4 is 17.7 Å². The molecule has 2 saturated heterocycles. The summed E-state index contributed by atoms with van der Waals surface area (Å²) in [5.41, 5.74) is 7.72. The van der Waals surface area contributed by atoms with Gasteiger partial charge in [0.25, 0.3) is 5.91 Å². The topological polar surface area (TPSA) is 61.3 Å². The van der Waals surface area contributed by atoms with Crippen molar-refractivity contribution in [1.82, 2.24) is 19.3 Å². The first-order valence-electron chi connectivity index (χ1n) is 18.9. The Hall–Kier alpha value is -5.34. The Morgan fingerprint density at radius 3 is 1.98 bits per heavy atom. The first kappa shape index (κ1) is 36.0. The molecular formula is C45H51N5O3. The van der Waals surface area contributed by atoms with Crippen molar-refractivity contribution in [3.05, 3.63) is 144 Å². The van der Waals surface area contributed by atoms with Crippen molar-refractivity contribution in [2.24, 2.45) is 0 Å². The third-order valence-corrected chi connectivity index (χ3v) is 10.2. The number of aryl methyl sites for hydroxylation is 1. The summed E-state index contributed by atoms with van der Waals surface area (Å²) < 4.78 is 7.86. The molecule has 0 saturated carbocycles. The quantitative estimate of drug-likeness (QED) is 0.163. The normalized spacial score (nSPS) is 16.8. The van der Waals surface area contributed by atoms with Crippen LogP contribution in [0.5, 0.6) is 0 Å². The number of carbonyl (C=O) groups excluding carboxylic acids is 2. The lowest BCUT2D eigenvalue weighted by atomic mass is 9.99. The molecule has 0 bridgehead atoms. The van der Waals surface area contributed by atoms with Crippen LogP contribution in [0.3, 0.4) is 0 Å². The number of anilines is 1. The molecule has 1 atom stereocenters. The average Bonchev–Trinajstić information content (AvgIpc) is 3.52. The molecule has 4 aromatic carbocycles. The number of benzene rings is 4. The third-order valence-electron chi connectivity index (χ3n) is 10.2. The maximum atomic E-state index is 15.0. The standard InChI is InChI=1S/C45H51N5O3/c1-34-29-41(43(51)49-28-23-46(32-36-17-10-6-11-18-36)33-40(49)30-35-15-8-5-9-16-35)42(37-19-12-7-13-20-37)50(34)39-22-14-21-38(31-39)47-24-26-48(27-25-47)44(52)53-45(2,3)4/h5-22,29,31,40H,23-28,30,32-33H2,1-4H3/t40-/m1/s1. The Balaban J connectivity index is 1.18. The molecule has 7 rings (SSSR count). The number of hydrogen-bond donors (Lipinski definition) is 0. The maximum absolute atomic E-state index is 15.0. The fraction of sp³-hybridized carbons (Fsp3) is 0.333. The van der Waals surface area contributed by atoms with Crippen LogP contribution in [-0.4, -0.2) is 88.7 Å². The molecule has 2 aliphatic heterocycles. The van der Waals surface area contributed by atoms with Gasteiger partial charge in [-0.05, 0) is 75.1 Å². The van der Waals surface area contributed by atoms with Gasteiger partial charge in [-0.3, -0.25) is 9.69 Å². The van der Waals surface area contributed by atoms with Crippen molar-refractivity contribution < 1.29 is 14.3 Å². The van der Waals surface area contributed by atoms with Crippen LogP contribution >= 0.6 is 0 Å². The molecule has 53 heavy (non-hydrogen) atoms. The predicted octanol–water partition coefficient (Wildman–Crippen LogP) is 8.08. The van der Waals surface area contributed by atoms with Crippen LogP contribution in [0, 0.1) is 6.92 Å². The molecule has 0 unspecified atom stereocenters. The van der Waals surface area contributed by atoms with Crippen LogP contribution in [-0.2, 0) is 17.7 Å². The molecule has 3 heterocycles. The van der Waals surface area contributed by atoms with Gasteiger partial charge < -0.3 is 24.0 Å². The van der Waals surface area contributed by atoms with Crippen LogP contribution in [0.1, 0.15) is 48.0 Å². The number of aromatic nitrogens is 1. The molecule has 274 valence electrons. The zero-order valence-electron chi connectivity index (χ0n) is 31.4. The molecule has 8 nitrogen and oxygen atoms in total. The van der Waals surface area contributed by atoms with Crippen LogP contribution < -0.4 is 4.90 Å². The van der Waals surface area contributed by atoms with E-state index in [-0.39, 0.29) is 18.0 Å². The second-order valence-corrected chi connectivity index (χ2v) is 15.3. The Bertz CT molecular complexity index is 2000. The molecular weight excluding hydrogens is 659 g/mol. The summed E-state index contributed by atoms with van der Waals surface area (Å²) in [6, 6.07) is 42.1. The van der Waals surface area contributed by atoms with Gasteiger partial charge in [0, 0.05) is 75.5 Å². The van der Waals surface area contributed by atoms with Crippen LogP contribution in [0.15, 0.2) is 121 Å². The zero-order chi connectivity index (χ0) is 37.0. The predicted molar refractivity (Wildman–Crippen MR) is 213 cm³/mol. The fourth-order valence-electron chi connectivity index (χ4n) is 7.71. The summed E-state index contributed by atoms with van der Waals surface area (Å²) in [6.45, 7) is 13.5. The molecule has 2 amide bonds. The molecule has 5 aromatic rings. The van der Waals surface area contributed by atoms with Crippen LogP contribution in [0.25, 0.3) is 16.9 Å². The summed E-state index contributed by atoms with van der Waals surface area (Å²) in [5, 5.41) is 0. The lowest BCUT2D eigenvalue weighted by Crippen LogP contribution is -2.55. The van der Waals surface area contributed by atoms with Crippen molar-refractivity contribution in [2.75, 3.05) is 50.7 Å². The van der Waals surface area contributed by atoms with Gasteiger partial charge in [0.2, 0.25) is 0 Å². The zero-order valence-corrected chi connectivity index (χ0v) is 31.4. The number of amides is 2. The Kier molecular flexibility index (Phi) is 10.7. The van der Waals surface area contributed by atoms with Gasteiger partial charge >= 0.3 is 6.09 Å². The van der Waals surface area contributed by atoms with Gasteiger partial charge in [-0.25, -0.2) is 4.79 Å².